The number of methoxy groups -OCH3 is 1. The summed E-state index contributed by atoms with van der Waals surface area (Å²) in [7, 11) is 0.462. The topological polar surface area (TPSA) is 18.5 Å². The van der Waals surface area contributed by atoms with Gasteiger partial charge in [0.1, 0.15) is 0 Å². The van der Waals surface area contributed by atoms with Crippen molar-refractivity contribution in [2.24, 2.45) is 0 Å². The monoisotopic (exact) mass is 368 g/mol. The lowest BCUT2D eigenvalue weighted by atomic mass is 10.1. The van der Waals surface area contributed by atoms with Gasteiger partial charge in [-0.05, 0) is 50.1 Å². The van der Waals surface area contributed by atoms with Gasteiger partial charge in [0.05, 0.1) is 6.61 Å². The second-order valence-corrected chi connectivity index (χ2v) is 14.4. The zero-order valence-electron chi connectivity index (χ0n) is 16.2. The van der Waals surface area contributed by atoms with Crippen LogP contribution in [-0.2, 0) is 9.16 Å². The molecule has 0 fully saturated rings. The summed E-state index contributed by atoms with van der Waals surface area (Å²) in [5.74, 6) is 0. The van der Waals surface area contributed by atoms with Crippen LogP contribution in [0.2, 0.25) is 19.6 Å². The molecule has 0 aromatic heterocycles. The predicted octanol–water partition coefficient (Wildman–Crippen LogP) is 5.63. The van der Waals surface area contributed by atoms with Crippen LogP contribution in [0.1, 0.15) is 38.5 Å². The van der Waals surface area contributed by atoms with Gasteiger partial charge in [0.15, 0.2) is 8.32 Å². The van der Waals surface area contributed by atoms with Crippen LogP contribution in [0.15, 0.2) is 30.3 Å². The van der Waals surface area contributed by atoms with Crippen molar-refractivity contribution in [2.75, 3.05) is 32.6 Å². The molecule has 0 spiro atoms. The van der Waals surface area contributed by atoms with E-state index in [1.807, 2.05) is 7.11 Å². The molecule has 1 atom stereocenters. The molecule has 0 aliphatic rings. The van der Waals surface area contributed by atoms with Crippen LogP contribution < -0.4 is 5.30 Å². The maximum Gasteiger partial charge on any atom is 0.183 e. The Labute approximate surface area is 152 Å². The van der Waals surface area contributed by atoms with Gasteiger partial charge in [0.2, 0.25) is 0 Å². The first kappa shape index (κ1) is 21.8. The fourth-order valence-corrected chi connectivity index (χ4v) is 5.80. The summed E-state index contributed by atoms with van der Waals surface area (Å²) in [5, 5.41) is 1.54. The van der Waals surface area contributed by atoms with E-state index in [0.29, 0.717) is 0 Å². The third kappa shape index (κ3) is 11.4. The van der Waals surface area contributed by atoms with Gasteiger partial charge in [-0.3, -0.25) is 0 Å². The highest BCUT2D eigenvalue weighted by Crippen LogP contribution is 2.35. The van der Waals surface area contributed by atoms with E-state index in [9.17, 15) is 0 Å². The number of benzene rings is 1. The van der Waals surface area contributed by atoms with Crippen molar-refractivity contribution in [1.82, 2.24) is 0 Å². The number of ether oxygens (including phenoxy) is 1. The lowest BCUT2D eigenvalue weighted by Crippen LogP contribution is -2.25. The van der Waals surface area contributed by atoms with E-state index >= 15 is 0 Å². The number of unbranched alkanes of at least 4 members (excludes halogenated alkanes) is 5. The second kappa shape index (κ2) is 13.1. The van der Waals surface area contributed by atoms with Gasteiger partial charge in [-0.2, -0.15) is 0 Å². The highest BCUT2D eigenvalue weighted by Gasteiger charge is 2.13. The minimum atomic E-state index is -1.30. The lowest BCUT2D eigenvalue weighted by molar-refractivity contribution is 0.218. The van der Waals surface area contributed by atoms with E-state index in [-0.39, 0.29) is 7.92 Å². The highest BCUT2D eigenvalue weighted by atomic mass is 31.1. The molecule has 0 radical (unpaired) electrons. The van der Waals surface area contributed by atoms with E-state index in [0.717, 1.165) is 13.2 Å². The number of hydrogen-bond acceptors (Lipinski definition) is 2. The van der Waals surface area contributed by atoms with Crippen LogP contribution in [0.25, 0.3) is 0 Å². The van der Waals surface area contributed by atoms with Gasteiger partial charge < -0.3 is 9.16 Å². The maximum atomic E-state index is 5.90. The lowest BCUT2D eigenvalue weighted by Gasteiger charge is -2.18. The summed E-state index contributed by atoms with van der Waals surface area (Å²) >= 11 is 0. The van der Waals surface area contributed by atoms with Gasteiger partial charge in [-0.1, -0.05) is 63.9 Å². The Morgan fingerprint density at radius 1 is 0.792 bits per heavy atom. The van der Waals surface area contributed by atoms with Crippen molar-refractivity contribution in [1.29, 1.82) is 0 Å². The third-order valence-corrected chi connectivity index (χ3v) is 7.72. The van der Waals surface area contributed by atoms with Gasteiger partial charge in [-0.15, -0.1) is 0 Å². The largest absolute Gasteiger partial charge is 0.418 e. The minimum absolute atomic E-state index is 0.0454. The molecular formula is C20H37O2PSi. The molecule has 0 bridgehead atoms. The van der Waals surface area contributed by atoms with Gasteiger partial charge in [0, 0.05) is 13.7 Å². The summed E-state index contributed by atoms with van der Waals surface area (Å²) in [5.41, 5.74) is 0. The summed E-state index contributed by atoms with van der Waals surface area (Å²) in [4.78, 5) is 0. The summed E-state index contributed by atoms with van der Waals surface area (Å²) in [6.45, 7) is 8.65. The van der Waals surface area contributed by atoms with Crippen molar-refractivity contribution in [3.63, 3.8) is 0 Å². The molecule has 0 saturated heterocycles. The van der Waals surface area contributed by atoms with Gasteiger partial charge in [-0.25, -0.2) is 0 Å². The van der Waals surface area contributed by atoms with Crippen molar-refractivity contribution in [2.45, 2.75) is 58.2 Å². The first-order valence-electron chi connectivity index (χ1n) is 9.46. The highest BCUT2D eigenvalue weighted by molar-refractivity contribution is 7.65. The Bertz CT molecular complexity index is 406. The first-order valence-corrected chi connectivity index (χ1v) is 14.6. The van der Waals surface area contributed by atoms with Crippen LogP contribution in [0.4, 0.5) is 0 Å². The summed E-state index contributed by atoms with van der Waals surface area (Å²) < 4.78 is 11.2. The number of hydrogen-bond donors (Lipinski definition) is 0. The van der Waals surface area contributed by atoms with Crippen LogP contribution in [0, 0.1) is 0 Å². The Morgan fingerprint density at radius 3 is 2.04 bits per heavy atom. The molecule has 0 N–H and O–H groups in total. The first-order chi connectivity index (χ1) is 11.5. The van der Waals surface area contributed by atoms with Crippen molar-refractivity contribution in [3.05, 3.63) is 30.3 Å². The van der Waals surface area contributed by atoms with E-state index in [1.54, 1.807) is 0 Å². The normalized spacial score (nSPS) is 13.2. The molecule has 0 amide bonds. The molecule has 0 aliphatic carbocycles. The Kier molecular flexibility index (Phi) is 11.9. The molecule has 0 saturated carbocycles. The molecule has 138 valence electrons. The molecule has 1 aromatic carbocycles. The van der Waals surface area contributed by atoms with Crippen LogP contribution >= 0.6 is 7.92 Å². The molecule has 0 aliphatic heterocycles. The Morgan fingerprint density at radius 2 is 1.42 bits per heavy atom. The van der Waals surface area contributed by atoms with Crippen LogP contribution in [-0.4, -0.2) is 41.0 Å². The van der Waals surface area contributed by atoms with E-state index in [4.69, 9.17) is 9.16 Å². The summed E-state index contributed by atoms with van der Waals surface area (Å²) in [6.07, 6.45) is 10.6. The van der Waals surface area contributed by atoms with Crippen molar-refractivity contribution < 1.29 is 9.16 Å². The number of rotatable bonds is 14. The summed E-state index contributed by atoms with van der Waals surface area (Å²) in [6, 6.07) is 11.0. The fraction of sp³-hybridized carbons (Fsp3) is 0.700. The molecule has 1 aromatic rings. The Balaban J connectivity index is 2.11. The average molecular weight is 369 g/mol. The molecule has 4 heteroatoms. The molecule has 24 heavy (non-hydrogen) atoms. The molecular weight excluding hydrogens is 331 g/mol. The van der Waals surface area contributed by atoms with Crippen molar-refractivity contribution in [3.8, 4) is 0 Å². The molecule has 1 unspecified atom stereocenters. The third-order valence-electron chi connectivity index (χ3n) is 4.04. The molecule has 0 heterocycles. The SMILES string of the molecule is COCCP(CCCCCCCCO[Si](C)(C)C)c1ccccc1. The smallest absolute Gasteiger partial charge is 0.183 e. The van der Waals surface area contributed by atoms with Crippen LogP contribution in [0.5, 0.6) is 0 Å². The quantitative estimate of drug-likeness (QED) is 0.241. The van der Waals surface area contributed by atoms with Gasteiger partial charge in [0.25, 0.3) is 0 Å². The van der Waals surface area contributed by atoms with Crippen LogP contribution in [0.3, 0.4) is 0 Å². The average Bonchev–Trinajstić information content (AvgIpc) is 2.56. The second-order valence-electron chi connectivity index (χ2n) is 7.40. The molecule has 1 rings (SSSR count). The van der Waals surface area contributed by atoms with E-state index in [1.165, 1.54) is 56.2 Å². The zero-order valence-corrected chi connectivity index (χ0v) is 18.1. The van der Waals surface area contributed by atoms with E-state index < -0.39 is 8.32 Å². The van der Waals surface area contributed by atoms with Crippen molar-refractivity contribution >= 4 is 21.5 Å². The Hall–Kier alpha value is -0.213. The van der Waals surface area contributed by atoms with E-state index in [2.05, 4.69) is 50.0 Å². The maximum absolute atomic E-state index is 5.90. The fourth-order valence-electron chi connectivity index (χ4n) is 2.70. The molecule has 2 nitrogen and oxygen atoms in total. The predicted molar refractivity (Wildman–Crippen MR) is 112 cm³/mol. The van der Waals surface area contributed by atoms with Gasteiger partial charge >= 0.3 is 0 Å². The minimum Gasteiger partial charge on any atom is -0.418 e. The standard InChI is InChI=1S/C20H37O2PSi/c1-21-17-19-23(20-14-10-9-11-15-20)18-13-8-6-5-7-12-16-22-24(2,3)4/h9-11,14-15H,5-8,12-13,16-19H2,1-4H3. The zero-order chi connectivity index (χ0) is 17.7.